The van der Waals surface area contributed by atoms with Crippen molar-refractivity contribution in [1.29, 1.82) is 0 Å². The molecule has 11 heteroatoms. The summed E-state index contributed by atoms with van der Waals surface area (Å²) in [6, 6.07) is 11.8. The maximum atomic E-state index is 12.8. The van der Waals surface area contributed by atoms with Gasteiger partial charge in [0.2, 0.25) is 5.95 Å². The van der Waals surface area contributed by atoms with E-state index in [1.807, 2.05) is 17.0 Å². The lowest BCUT2D eigenvalue weighted by atomic mass is 10.1. The summed E-state index contributed by atoms with van der Waals surface area (Å²) in [6.07, 6.45) is -2.96. The zero-order chi connectivity index (χ0) is 26.0. The summed E-state index contributed by atoms with van der Waals surface area (Å²) in [5.74, 6) is 1.96. The summed E-state index contributed by atoms with van der Waals surface area (Å²) in [5, 5.41) is 0. The van der Waals surface area contributed by atoms with Crippen LogP contribution in [0.25, 0.3) is 11.3 Å². The molecule has 5 rings (SSSR count). The molecule has 3 aromatic rings. The van der Waals surface area contributed by atoms with Crippen LogP contribution in [-0.2, 0) is 4.74 Å². The van der Waals surface area contributed by atoms with Gasteiger partial charge in [0.25, 0.3) is 0 Å². The van der Waals surface area contributed by atoms with Gasteiger partial charge in [-0.25, -0.2) is 9.97 Å². The van der Waals surface area contributed by atoms with Crippen LogP contribution in [0.5, 0.6) is 5.75 Å². The number of pyridine rings is 1. The van der Waals surface area contributed by atoms with Gasteiger partial charge in [-0.15, -0.1) is 13.2 Å². The van der Waals surface area contributed by atoms with Crippen molar-refractivity contribution in [3.05, 3.63) is 54.2 Å². The monoisotopic (exact) mass is 514 g/mol. The molecule has 0 amide bonds. The Labute approximate surface area is 213 Å². The van der Waals surface area contributed by atoms with Crippen molar-refractivity contribution in [2.24, 2.45) is 0 Å². The van der Waals surface area contributed by atoms with Crippen molar-refractivity contribution < 1.29 is 22.6 Å². The molecule has 1 aromatic carbocycles. The normalized spacial score (nSPS) is 18.7. The average molecular weight is 515 g/mol. The number of benzene rings is 1. The van der Waals surface area contributed by atoms with Gasteiger partial charge >= 0.3 is 6.36 Å². The molecule has 37 heavy (non-hydrogen) atoms. The topological polar surface area (TPSA) is 66.9 Å². The number of piperazine rings is 1. The van der Waals surface area contributed by atoms with E-state index >= 15 is 0 Å². The fourth-order valence-electron chi connectivity index (χ4n) is 4.77. The lowest BCUT2D eigenvalue weighted by Gasteiger charge is -2.41. The molecule has 0 saturated carbocycles. The van der Waals surface area contributed by atoms with E-state index in [-0.39, 0.29) is 11.8 Å². The highest BCUT2D eigenvalue weighted by molar-refractivity contribution is 5.67. The first-order valence-electron chi connectivity index (χ1n) is 12.3. The van der Waals surface area contributed by atoms with Gasteiger partial charge in [-0.1, -0.05) is 18.2 Å². The van der Waals surface area contributed by atoms with Crippen LogP contribution in [0.15, 0.2) is 48.7 Å². The zero-order valence-electron chi connectivity index (χ0n) is 20.8. The molecule has 0 aliphatic carbocycles. The lowest BCUT2D eigenvalue weighted by Crippen LogP contribution is -2.53. The Balaban J connectivity index is 1.47. The van der Waals surface area contributed by atoms with Crippen molar-refractivity contribution in [1.82, 2.24) is 15.0 Å². The highest BCUT2D eigenvalue weighted by atomic mass is 19.4. The molecule has 2 fully saturated rings. The molecular weight excluding hydrogens is 485 g/mol. The van der Waals surface area contributed by atoms with Crippen LogP contribution in [0.3, 0.4) is 0 Å². The van der Waals surface area contributed by atoms with Crippen LogP contribution in [0.4, 0.5) is 30.8 Å². The number of alkyl halides is 3. The number of nitrogens with zero attached hydrogens (tertiary/aromatic N) is 6. The predicted octanol–water partition coefficient (Wildman–Crippen LogP) is 4.30. The van der Waals surface area contributed by atoms with E-state index in [4.69, 9.17) is 14.7 Å². The first kappa shape index (κ1) is 25.1. The summed E-state index contributed by atoms with van der Waals surface area (Å²) < 4.78 is 48.1. The maximum absolute atomic E-state index is 12.8. The molecule has 0 N–H and O–H groups in total. The van der Waals surface area contributed by atoms with Crippen LogP contribution in [0.2, 0.25) is 0 Å². The molecule has 2 aliphatic heterocycles. The van der Waals surface area contributed by atoms with Crippen molar-refractivity contribution in [2.75, 3.05) is 60.6 Å². The van der Waals surface area contributed by atoms with Crippen molar-refractivity contribution >= 4 is 17.6 Å². The van der Waals surface area contributed by atoms with Crippen LogP contribution < -0.4 is 19.4 Å². The number of hydrogen-bond donors (Lipinski definition) is 0. The second-order valence-electron chi connectivity index (χ2n) is 9.22. The van der Waals surface area contributed by atoms with Gasteiger partial charge in [-0.2, -0.15) is 4.98 Å². The first-order valence-corrected chi connectivity index (χ1v) is 12.3. The maximum Gasteiger partial charge on any atom is 0.573 e. The molecule has 1 atom stereocenters. The Bertz CT molecular complexity index is 1230. The smallest absolute Gasteiger partial charge is 0.406 e. The summed E-state index contributed by atoms with van der Waals surface area (Å²) in [4.78, 5) is 20.7. The number of morpholine rings is 1. The van der Waals surface area contributed by atoms with E-state index in [0.29, 0.717) is 50.1 Å². The van der Waals surface area contributed by atoms with Crippen molar-refractivity contribution in [3.8, 4) is 17.0 Å². The molecule has 196 valence electrons. The number of halogens is 3. The van der Waals surface area contributed by atoms with Crippen LogP contribution in [0, 0.1) is 6.92 Å². The average Bonchev–Trinajstić information content (AvgIpc) is 2.88. The summed E-state index contributed by atoms with van der Waals surface area (Å²) >= 11 is 0. The predicted molar refractivity (Wildman–Crippen MR) is 135 cm³/mol. The fourth-order valence-corrected chi connectivity index (χ4v) is 4.77. The molecule has 8 nitrogen and oxygen atoms in total. The Hall–Kier alpha value is -3.60. The minimum atomic E-state index is -4.77. The molecule has 4 heterocycles. The minimum Gasteiger partial charge on any atom is -0.406 e. The Kier molecular flexibility index (Phi) is 7.05. The number of hydrogen-bond acceptors (Lipinski definition) is 8. The SMILES string of the molecule is Cc1cccnc1N1CCN(c2cc(-c3cccc(OC(F)(F)F)c3)nc(N3CCOCC3)n2)[C@H](C)C1. The van der Waals surface area contributed by atoms with Gasteiger partial charge in [0.1, 0.15) is 17.4 Å². The minimum absolute atomic E-state index is 0.121. The van der Waals surface area contributed by atoms with Crippen LogP contribution in [-0.4, -0.2) is 73.3 Å². The highest BCUT2D eigenvalue weighted by Crippen LogP contribution is 2.32. The zero-order valence-corrected chi connectivity index (χ0v) is 20.8. The highest BCUT2D eigenvalue weighted by Gasteiger charge is 2.31. The number of rotatable bonds is 5. The molecule has 2 aliphatic rings. The second kappa shape index (κ2) is 10.4. The number of aromatic nitrogens is 3. The summed E-state index contributed by atoms with van der Waals surface area (Å²) in [7, 11) is 0. The molecule has 0 radical (unpaired) electrons. The Morgan fingerprint density at radius 1 is 0.973 bits per heavy atom. The Morgan fingerprint density at radius 3 is 2.51 bits per heavy atom. The lowest BCUT2D eigenvalue weighted by molar-refractivity contribution is -0.274. The number of aryl methyl sites for hydroxylation is 1. The fraction of sp³-hybridized carbons (Fsp3) is 0.423. The van der Waals surface area contributed by atoms with E-state index in [0.717, 1.165) is 30.3 Å². The molecule has 0 bridgehead atoms. The van der Waals surface area contributed by atoms with Gasteiger partial charge in [-0.05, 0) is 37.6 Å². The van der Waals surface area contributed by atoms with E-state index in [1.165, 1.54) is 18.2 Å². The molecular formula is C26H29F3N6O2. The summed E-state index contributed by atoms with van der Waals surface area (Å²) in [6.45, 7) is 8.85. The molecule has 0 unspecified atom stereocenters. The standard InChI is InChI=1S/C26H29F3N6O2/c1-18-5-4-8-30-24(18)34-9-10-35(19(2)17-34)23-16-22(31-25(32-23)33-11-13-36-14-12-33)20-6-3-7-21(15-20)37-26(27,28)29/h3-8,15-16,19H,9-14,17H2,1-2H3/t19-/m1/s1. The van der Waals surface area contributed by atoms with Gasteiger partial charge in [0, 0.05) is 56.6 Å². The van der Waals surface area contributed by atoms with Crippen LogP contribution in [0.1, 0.15) is 12.5 Å². The van der Waals surface area contributed by atoms with Crippen molar-refractivity contribution in [3.63, 3.8) is 0 Å². The van der Waals surface area contributed by atoms with Crippen molar-refractivity contribution in [2.45, 2.75) is 26.3 Å². The quantitative estimate of drug-likeness (QED) is 0.500. The second-order valence-corrected chi connectivity index (χ2v) is 9.22. The number of anilines is 3. The third-order valence-electron chi connectivity index (χ3n) is 6.56. The summed E-state index contributed by atoms with van der Waals surface area (Å²) in [5.41, 5.74) is 2.19. The third kappa shape index (κ3) is 5.87. The first-order chi connectivity index (χ1) is 17.8. The Morgan fingerprint density at radius 2 is 1.78 bits per heavy atom. The largest absolute Gasteiger partial charge is 0.573 e. The number of ether oxygens (including phenoxy) is 2. The van der Waals surface area contributed by atoms with Gasteiger partial charge in [0.05, 0.1) is 18.9 Å². The molecule has 2 aromatic heterocycles. The third-order valence-corrected chi connectivity index (χ3v) is 6.56. The van der Waals surface area contributed by atoms with Gasteiger partial charge in [-0.3, -0.25) is 0 Å². The van der Waals surface area contributed by atoms with E-state index in [9.17, 15) is 13.2 Å². The van der Waals surface area contributed by atoms with Gasteiger partial charge < -0.3 is 24.2 Å². The van der Waals surface area contributed by atoms with E-state index in [2.05, 4.69) is 39.4 Å². The molecule has 0 spiro atoms. The van der Waals surface area contributed by atoms with E-state index in [1.54, 1.807) is 12.3 Å². The van der Waals surface area contributed by atoms with E-state index < -0.39 is 6.36 Å². The van der Waals surface area contributed by atoms with Gasteiger partial charge in [0.15, 0.2) is 0 Å². The van der Waals surface area contributed by atoms with Crippen LogP contribution >= 0.6 is 0 Å². The molecule has 2 saturated heterocycles.